The summed E-state index contributed by atoms with van der Waals surface area (Å²) in [4.78, 5) is 24.1. The molecule has 0 aliphatic heterocycles. The molecule has 0 spiro atoms. The molecule has 0 aromatic carbocycles. The van der Waals surface area contributed by atoms with Crippen molar-refractivity contribution in [3.05, 3.63) is 0 Å². The molecule has 1 N–H and O–H groups in total. The van der Waals surface area contributed by atoms with E-state index in [2.05, 4.69) is 0 Å². The third-order valence-electron chi connectivity index (χ3n) is 2.38. The molecule has 5 heteroatoms. The number of nitrogens with zero attached hydrogens (tertiary/aromatic N) is 1. The smallest absolute Gasteiger partial charge is 0.323 e. The lowest BCUT2D eigenvalue weighted by Gasteiger charge is -2.28. The molecular formula is C12H23NO3S. The van der Waals surface area contributed by atoms with Crippen LogP contribution < -0.4 is 0 Å². The Morgan fingerprint density at radius 2 is 1.88 bits per heavy atom. The minimum absolute atomic E-state index is 0.0139. The van der Waals surface area contributed by atoms with Crippen LogP contribution in [-0.2, 0) is 9.59 Å². The predicted octanol–water partition coefficient (Wildman–Crippen LogP) is 2.23. The van der Waals surface area contributed by atoms with Crippen molar-refractivity contribution in [2.45, 2.75) is 51.8 Å². The van der Waals surface area contributed by atoms with E-state index in [0.29, 0.717) is 5.75 Å². The van der Waals surface area contributed by atoms with Gasteiger partial charge in [0.2, 0.25) is 5.91 Å². The van der Waals surface area contributed by atoms with Gasteiger partial charge in [-0.3, -0.25) is 9.59 Å². The molecule has 1 amide bonds. The second kappa shape index (κ2) is 6.89. The molecular weight excluding hydrogens is 238 g/mol. The number of hydrogen-bond acceptors (Lipinski definition) is 3. The van der Waals surface area contributed by atoms with Gasteiger partial charge >= 0.3 is 5.97 Å². The van der Waals surface area contributed by atoms with Crippen molar-refractivity contribution in [2.24, 2.45) is 0 Å². The quantitative estimate of drug-likeness (QED) is 0.796. The number of aliphatic carboxylic acids is 1. The Balaban J connectivity index is 4.48. The SMILES string of the molecule is CCC(C)N(CC(=O)O)C(=O)CSC(C)(C)C. The van der Waals surface area contributed by atoms with Crippen LogP contribution in [0.2, 0.25) is 0 Å². The number of carbonyl (C=O) groups excluding carboxylic acids is 1. The summed E-state index contributed by atoms with van der Waals surface area (Å²) in [7, 11) is 0. The van der Waals surface area contributed by atoms with Gasteiger partial charge in [0.05, 0.1) is 5.75 Å². The molecule has 4 nitrogen and oxygen atoms in total. The lowest BCUT2D eigenvalue weighted by molar-refractivity contribution is -0.144. The summed E-state index contributed by atoms with van der Waals surface area (Å²) in [5.41, 5.74) is 0. The molecule has 0 aliphatic rings. The Morgan fingerprint density at radius 3 is 2.24 bits per heavy atom. The average Bonchev–Trinajstić information content (AvgIpc) is 2.20. The van der Waals surface area contributed by atoms with Gasteiger partial charge in [0.1, 0.15) is 6.54 Å². The summed E-state index contributed by atoms with van der Waals surface area (Å²) < 4.78 is 0.0139. The first-order chi connectivity index (χ1) is 7.67. The Kier molecular flexibility index (Phi) is 6.60. The first-order valence-electron chi connectivity index (χ1n) is 5.82. The van der Waals surface area contributed by atoms with E-state index in [4.69, 9.17) is 5.11 Å². The maximum absolute atomic E-state index is 12.0. The molecule has 1 unspecified atom stereocenters. The van der Waals surface area contributed by atoms with Crippen molar-refractivity contribution >= 4 is 23.6 Å². The van der Waals surface area contributed by atoms with E-state index in [1.807, 2.05) is 34.6 Å². The lowest BCUT2D eigenvalue weighted by Crippen LogP contribution is -2.43. The Hall–Kier alpha value is -0.710. The molecule has 0 heterocycles. The van der Waals surface area contributed by atoms with Crippen molar-refractivity contribution < 1.29 is 14.7 Å². The zero-order valence-corrected chi connectivity index (χ0v) is 12.1. The summed E-state index contributed by atoms with van der Waals surface area (Å²) in [6, 6.07) is -0.0285. The second-order valence-corrected chi connectivity index (χ2v) is 6.88. The van der Waals surface area contributed by atoms with Crippen LogP contribution in [-0.4, -0.2) is 45.0 Å². The number of carboxylic acids is 1. The van der Waals surface area contributed by atoms with E-state index in [1.54, 1.807) is 11.8 Å². The predicted molar refractivity (Wildman–Crippen MR) is 71.3 cm³/mol. The molecule has 0 fully saturated rings. The van der Waals surface area contributed by atoms with Gasteiger partial charge in [-0.05, 0) is 13.3 Å². The highest BCUT2D eigenvalue weighted by Crippen LogP contribution is 2.23. The highest BCUT2D eigenvalue weighted by atomic mass is 32.2. The van der Waals surface area contributed by atoms with Gasteiger partial charge in [0.25, 0.3) is 0 Å². The van der Waals surface area contributed by atoms with Crippen molar-refractivity contribution in [1.29, 1.82) is 0 Å². The molecule has 0 radical (unpaired) electrons. The summed E-state index contributed by atoms with van der Waals surface area (Å²) >= 11 is 1.54. The summed E-state index contributed by atoms with van der Waals surface area (Å²) in [6.07, 6.45) is 0.763. The number of carbonyl (C=O) groups is 2. The second-order valence-electron chi connectivity index (χ2n) is 5.07. The molecule has 0 saturated heterocycles. The third-order valence-corrected chi connectivity index (χ3v) is 3.63. The molecule has 0 aromatic rings. The zero-order chi connectivity index (χ0) is 13.6. The maximum atomic E-state index is 12.0. The minimum atomic E-state index is -0.959. The van der Waals surface area contributed by atoms with E-state index >= 15 is 0 Å². The molecule has 0 aliphatic carbocycles. The molecule has 1 atom stereocenters. The number of amides is 1. The number of thioether (sulfide) groups is 1. The molecule has 0 saturated carbocycles. The summed E-state index contributed by atoms with van der Waals surface area (Å²) in [5.74, 6) is -0.720. The average molecular weight is 261 g/mol. The van der Waals surface area contributed by atoms with Crippen LogP contribution in [0.1, 0.15) is 41.0 Å². The fourth-order valence-electron chi connectivity index (χ4n) is 1.22. The van der Waals surface area contributed by atoms with Crippen LogP contribution in [0, 0.1) is 0 Å². The van der Waals surface area contributed by atoms with Crippen molar-refractivity contribution in [3.63, 3.8) is 0 Å². The van der Waals surface area contributed by atoms with E-state index in [0.717, 1.165) is 6.42 Å². The van der Waals surface area contributed by atoms with Gasteiger partial charge in [0, 0.05) is 10.8 Å². The van der Waals surface area contributed by atoms with Crippen LogP contribution in [0.4, 0.5) is 0 Å². The van der Waals surface area contributed by atoms with Gasteiger partial charge in [-0.2, -0.15) is 0 Å². The topological polar surface area (TPSA) is 57.6 Å². The Labute approximate surface area is 108 Å². The largest absolute Gasteiger partial charge is 0.480 e. The lowest BCUT2D eigenvalue weighted by atomic mass is 10.2. The standard InChI is InChI=1S/C12H23NO3S/c1-6-9(2)13(7-11(15)16)10(14)8-17-12(3,4)5/h9H,6-8H2,1-5H3,(H,15,16). The maximum Gasteiger partial charge on any atom is 0.323 e. The van der Waals surface area contributed by atoms with Crippen LogP contribution in [0.3, 0.4) is 0 Å². The van der Waals surface area contributed by atoms with Crippen molar-refractivity contribution in [3.8, 4) is 0 Å². The number of hydrogen-bond donors (Lipinski definition) is 1. The number of carboxylic acid groups (broad SMARTS) is 1. The highest BCUT2D eigenvalue weighted by molar-refractivity contribution is 8.01. The number of rotatable bonds is 6. The third kappa shape index (κ3) is 7.26. The van der Waals surface area contributed by atoms with E-state index in [9.17, 15) is 9.59 Å². The fraction of sp³-hybridized carbons (Fsp3) is 0.833. The van der Waals surface area contributed by atoms with E-state index in [-0.39, 0.29) is 23.2 Å². The van der Waals surface area contributed by atoms with Gasteiger partial charge < -0.3 is 10.0 Å². The Bertz CT molecular complexity index is 273. The van der Waals surface area contributed by atoms with Gasteiger partial charge in [-0.15, -0.1) is 11.8 Å². The van der Waals surface area contributed by atoms with E-state index in [1.165, 1.54) is 4.90 Å². The molecule has 0 rings (SSSR count). The summed E-state index contributed by atoms with van der Waals surface area (Å²) in [5, 5.41) is 8.80. The fourth-order valence-corrected chi connectivity index (χ4v) is 1.94. The van der Waals surface area contributed by atoms with Gasteiger partial charge in [-0.25, -0.2) is 0 Å². The first kappa shape index (κ1) is 16.3. The zero-order valence-electron chi connectivity index (χ0n) is 11.3. The van der Waals surface area contributed by atoms with Crippen LogP contribution >= 0.6 is 11.8 Å². The first-order valence-corrected chi connectivity index (χ1v) is 6.81. The Morgan fingerprint density at radius 1 is 1.35 bits per heavy atom. The van der Waals surface area contributed by atoms with Crippen LogP contribution in [0.15, 0.2) is 0 Å². The minimum Gasteiger partial charge on any atom is -0.480 e. The highest BCUT2D eigenvalue weighted by Gasteiger charge is 2.23. The molecule has 0 aromatic heterocycles. The van der Waals surface area contributed by atoms with Crippen molar-refractivity contribution in [1.82, 2.24) is 4.90 Å². The normalized spacial score (nSPS) is 13.2. The van der Waals surface area contributed by atoms with Gasteiger partial charge in [-0.1, -0.05) is 27.7 Å². The summed E-state index contributed by atoms with van der Waals surface area (Å²) in [6.45, 7) is 9.73. The molecule has 17 heavy (non-hydrogen) atoms. The monoisotopic (exact) mass is 261 g/mol. The van der Waals surface area contributed by atoms with Crippen molar-refractivity contribution in [2.75, 3.05) is 12.3 Å². The molecule has 100 valence electrons. The van der Waals surface area contributed by atoms with Crippen LogP contribution in [0.25, 0.3) is 0 Å². The van der Waals surface area contributed by atoms with Gasteiger partial charge in [0.15, 0.2) is 0 Å². The molecule has 0 bridgehead atoms. The van der Waals surface area contributed by atoms with E-state index < -0.39 is 5.97 Å². The van der Waals surface area contributed by atoms with Crippen LogP contribution in [0.5, 0.6) is 0 Å².